The molecular weight excluding hydrogens is 373 g/mol. The van der Waals surface area contributed by atoms with Crippen LogP contribution in [0, 0.1) is 17.7 Å². The van der Waals surface area contributed by atoms with Crippen molar-refractivity contribution in [3.05, 3.63) is 51.7 Å². The van der Waals surface area contributed by atoms with Crippen LogP contribution in [0.15, 0.2) is 29.1 Å². The third kappa shape index (κ3) is 4.72. The second-order valence-electron chi connectivity index (χ2n) is 7.92. The van der Waals surface area contributed by atoms with Crippen LogP contribution >= 0.6 is 0 Å². The van der Waals surface area contributed by atoms with E-state index in [1.165, 1.54) is 12.1 Å². The summed E-state index contributed by atoms with van der Waals surface area (Å²) in [6, 6.07) is 5.95. The molecule has 6 nitrogen and oxygen atoms in total. The number of aromatic nitrogens is 2. The summed E-state index contributed by atoms with van der Waals surface area (Å²) in [4.78, 5) is 32.5. The number of aromatic amines is 1. The molecule has 1 aromatic heterocycles. The zero-order chi connectivity index (χ0) is 20.2. The third-order valence-electron chi connectivity index (χ3n) is 5.97. The molecule has 0 saturated carbocycles. The largest absolute Gasteiger partial charge is 0.381 e. The van der Waals surface area contributed by atoms with Gasteiger partial charge >= 0.3 is 0 Å². The van der Waals surface area contributed by atoms with Crippen molar-refractivity contribution in [1.29, 1.82) is 0 Å². The molecule has 0 radical (unpaired) electrons. The second kappa shape index (κ2) is 8.86. The SMILES string of the molecule is O=C(NCC1CCc2nc(-c3ccc(F)cc3)[nH]c(=O)c2CC1)C1CCOCC1. The lowest BCUT2D eigenvalue weighted by Gasteiger charge is -2.22. The average molecular weight is 399 g/mol. The topological polar surface area (TPSA) is 84.1 Å². The molecule has 2 aromatic rings. The van der Waals surface area contributed by atoms with Crippen molar-refractivity contribution < 1.29 is 13.9 Å². The minimum atomic E-state index is -0.323. The predicted molar refractivity (Wildman–Crippen MR) is 107 cm³/mol. The molecule has 1 atom stereocenters. The van der Waals surface area contributed by atoms with Crippen molar-refractivity contribution in [3.8, 4) is 11.4 Å². The van der Waals surface area contributed by atoms with Crippen molar-refractivity contribution in [3.63, 3.8) is 0 Å². The summed E-state index contributed by atoms with van der Waals surface area (Å²) >= 11 is 0. The Labute approximate surface area is 168 Å². The van der Waals surface area contributed by atoms with E-state index >= 15 is 0 Å². The predicted octanol–water partition coefficient (Wildman–Crippen LogP) is 2.61. The van der Waals surface area contributed by atoms with E-state index in [-0.39, 0.29) is 23.2 Å². The number of carbonyl (C=O) groups is 1. The molecular formula is C22H26FN3O3. The number of nitrogens with one attached hydrogen (secondary N) is 2. The number of nitrogens with zero attached hydrogens (tertiary/aromatic N) is 1. The molecule has 0 bridgehead atoms. The Balaban J connectivity index is 1.41. The standard InChI is InChI=1S/C22H26FN3O3/c23-17-5-3-15(4-6-17)20-25-19-8-2-14(1-7-18(19)22(28)26-20)13-24-21(27)16-9-11-29-12-10-16/h3-6,14,16H,1-2,7-13H2,(H,24,27)(H,25,26,28). The van der Waals surface area contributed by atoms with Gasteiger partial charge in [-0.1, -0.05) is 0 Å². The summed E-state index contributed by atoms with van der Waals surface area (Å²) < 4.78 is 18.5. The highest BCUT2D eigenvalue weighted by Crippen LogP contribution is 2.23. The van der Waals surface area contributed by atoms with Gasteiger partial charge in [0.2, 0.25) is 5.91 Å². The zero-order valence-corrected chi connectivity index (χ0v) is 16.4. The Hall–Kier alpha value is -2.54. The summed E-state index contributed by atoms with van der Waals surface area (Å²) in [5.74, 6) is 0.636. The average Bonchev–Trinajstić information content (AvgIpc) is 2.96. The van der Waals surface area contributed by atoms with Gasteiger partial charge in [-0.25, -0.2) is 9.37 Å². The van der Waals surface area contributed by atoms with Crippen LogP contribution in [-0.4, -0.2) is 35.6 Å². The van der Waals surface area contributed by atoms with E-state index in [2.05, 4.69) is 15.3 Å². The van der Waals surface area contributed by atoms with Crippen LogP contribution in [0.2, 0.25) is 0 Å². The van der Waals surface area contributed by atoms with Crippen LogP contribution in [0.5, 0.6) is 0 Å². The molecule has 1 aliphatic heterocycles. The van der Waals surface area contributed by atoms with Gasteiger partial charge < -0.3 is 15.0 Å². The Morgan fingerprint density at radius 3 is 2.62 bits per heavy atom. The van der Waals surface area contributed by atoms with Crippen LogP contribution in [0.3, 0.4) is 0 Å². The second-order valence-corrected chi connectivity index (χ2v) is 7.92. The van der Waals surface area contributed by atoms with Gasteiger partial charge in [-0.05, 0) is 68.7 Å². The number of rotatable bonds is 4. The van der Waals surface area contributed by atoms with Gasteiger partial charge in [0.25, 0.3) is 5.56 Å². The maximum atomic E-state index is 13.2. The van der Waals surface area contributed by atoms with E-state index in [0.29, 0.717) is 49.9 Å². The van der Waals surface area contributed by atoms with E-state index in [4.69, 9.17) is 4.74 Å². The fraction of sp³-hybridized carbons (Fsp3) is 0.500. The number of aryl methyl sites for hydroxylation is 1. The molecule has 154 valence electrons. The third-order valence-corrected chi connectivity index (χ3v) is 5.97. The number of benzene rings is 1. The number of hydrogen-bond donors (Lipinski definition) is 2. The Bertz CT molecular complexity index is 920. The number of ether oxygens (including phenoxy) is 1. The number of carbonyl (C=O) groups excluding carboxylic acids is 1. The smallest absolute Gasteiger partial charge is 0.254 e. The van der Waals surface area contributed by atoms with E-state index in [1.807, 2.05) is 0 Å². The molecule has 1 fully saturated rings. The molecule has 1 unspecified atom stereocenters. The van der Waals surface area contributed by atoms with Crippen molar-refractivity contribution >= 4 is 5.91 Å². The summed E-state index contributed by atoms with van der Waals surface area (Å²) in [5, 5.41) is 3.10. The summed E-state index contributed by atoms with van der Waals surface area (Å²) in [6.07, 6.45) is 4.65. The van der Waals surface area contributed by atoms with Crippen LogP contribution in [0.4, 0.5) is 4.39 Å². The first kappa shape index (κ1) is 19.8. The quantitative estimate of drug-likeness (QED) is 0.774. The molecule has 2 aliphatic rings. The van der Waals surface area contributed by atoms with Crippen LogP contribution in [-0.2, 0) is 22.4 Å². The first-order chi connectivity index (χ1) is 14.1. The number of halogens is 1. The molecule has 1 aliphatic carbocycles. The fourth-order valence-corrected chi connectivity index (χ4v) is 4.14. The molecule has 1 amide bonds. The van der Waals surface area contributed by atoms with Crippen molar-refractivity contribution in [2.45, 2.75) is 38.5 Å². The highest BCUT2D eigenvalue weighted by molar-refractivity contribution is 5.78. The van der Waals surface area contributed by atoms with Crippen molar-refractivity contribution in [2.75, 3.05) is 19.8 Å². The lowest BCUT2D eigenvalue weighted by Crippen LogP contribution is -2.37. The summed E-state index contributed by atoms with van der Waals surface area (Å²) in [5.41, 5.74) is 2.11. The molecule has 1 saturated heterocycles. The maximum Gasteiger partial charge on any atom is 0.254 e. The van der Waals surface area contributed by atoms with E-state index in [0.717, 1.165) is 36.9 Å². The lowest BCUT2D eigenvalue weighted by atomic mass is 9.97. The van der Waals surface area contributed by atoms with E-state index in [1.54, 1.807) is 12.1 Å². The minimum absolute atomic E-state index is 0.0505. The van der Waals surface area contributed by atoms with Crippen LogP contribution in [0.25, 0.3) is 11.4 Å². The summed E-state index contributed by atoms with van der Waals surface area (Å²) in [7, 11) is 0. The maximum absolute atomic E-state index is 13.2. The highest BCUT2D eigenvalue weighted by atomic mass is 19.1. The van der Waals surface area contributed by atoms with E-state index in [9.17, 15) is 14.0 Å². The molecule has 0 spiro atoms. The zero-order valence-electron chi connectivity index (χ0n) is 16.4. The lowest BCUT2D eigenvalue weighted by molar-refractivity contribution is -0.128. The minimum Gasteiger partial charge on any atom is -0.381 e. The Morgan fingerprint density at radius 1 is 1.14 bits per heavy atom. The van der Waals surface area contributed by atoms with Crippen molar-refractivity contribution in [2.24, 2.45) is 11.8 Å². The van der Waals surface area contributed by atoms with Gasteiger partial charge in [0.1, 0.15) is 11.6 Å². The number of H-pyrrole nitrogens is 1. The Morgan fingerprint density at radius 2 is 1.86 bits per heavy atom. The Kier molecular flexibility index (Phi) is 6.04. The number of amides is 1. The van der Waals surface area contributed by atoms with Gasteiger partial charge in [0.05, 0.1) is 5.69 Å². The molecule has 4 rings (SSSR count). The van der Waals surface area contributed by atoms with Gasteiger partial charge in [-0.2, -0.15) is 0 Å². The van der Waals surface area contributed by atoms with Gasteiger partial charge in [0.15, 0.2) is 0 Å². The van der Waals surface area contributed by atoms with Gasteiger partial charge in [-0.15, -0.1) is 0 Å². The molecule has 2 heterocycles. The molecule has 2 N–H and O–H groups in total. The molecule has 29 heavy (non-hydrogen) atoms. The number of fused-ring (bicyclic) bond motifs is 1. The van der Waals surface area contributed by atoms with Crippen molar-refractivity contribution in [1.82, 2.24) is 15.3 Å². The summed E-state index contributed by atoms with van der Waals surface area (Å²) in [6.45, 7) is 1.94. The first-order valence-electron chi connectivity index (χ1n) is 10.3. The fourth-order valence-electron chi connectivity index (χ4n) is 4.14. The van der Waals surface area contributed by atoms with Gasteiger partial charge in [-0.3, -0.25) is 9.59 Å². The van der Waals surface area contributed by atoms with E-state index < -0.39 is 0 Å². The molecule has 1 aromatic carbocycles. The first-order valence-corrected chi connectivity index (χ1v) is 10.3. The monoisotopic (exact) mass is 399 g/mol. The highest BCUT2D eigenvalue weighted by Gasteiger charge is 2.24. The number of hydrogen-bond acceptors (Lipinski definition) is 4. The molecule has 7 heteroatoms. The normalized spacial score (nSPS) is 20.0. The van der Waals surface area contributed by atoms with Crippen LogP contribution in [0.1, 0.15) is 36.9 Å². The van der Waals surface area contributed by atoms with Crippen LogP contribution < -0.4 is 10.9 Å². The van der Waals surface area contributed by atoms with Gasteiger partial charge in [0, 0.05) is 36.8 Å².